The summed E-state index contributed by atoms with van der Waals surface area (Å²) >= 11 is 0. The van der Waals surface area contributed by atoms with Gasteiger partial charge in [0.25, 0.3) is 0 Å². The highest BCUT2D eigenvalue weighted by Gasteiger charge is 2.01. The van der Waals surface area contributed by atoms with Gasteiger partial charge in [0.1, 0.15) is 11.5 Å². The fraction of sp³-hybridized carbons (Fsp3) is 0.143. The van der Waals surface area contributed by atoms with Crippen molar-refractivity contribution in [3.8, 4) is 11.5 Å². The Labute approximate surface area is 90.3 Å². The minimum atomic E-state index is 0.923. The Hall–Kier alpha value is -1.76. The molecule has 0 aromatic heterocycles. The predicted molar refractivity (Wildman–Crippen MR) is 62.4 cm³/mol. The Morgan fingerprint density at radius 1 is 0.667 bits per heavy atom. The summed E-state index contributed by atoms with van der Waals surface area (Å²) in [7, 11) is 0. The summed E-state index contributed by atoms with van der Waals surface area (Å²) in [6, 6.07) is 16.1. The van der Waals surface area contributed by atoms with E-state index in [-0.39, 0.29) is 0 Å². The summed E-state index contributed by atoms with van der Waals surface area (Å²) in [5.74, 6) is 1.85. The molecule has 0 aliphatic heterocycles. The molecular formula is C14H14O. The van der Waals surface area contributed by atoms with Crippen LogP contribution in [0.3, 0.4) is 0 Å². The van der Waals surface area contributed by atoms with Gasteiger partial charge in [-0.15, -0.1) is 0 Å². The second-order valence-electron chi connectivity index (χ2n) is 3.63. The highest BCUT2D eigenvalue weighted by atomic mass is 16.5. The summed E-state index contributed by atoms with van der Waals surface area (Å²) in [5.41, 5.74) is 2.31. The minimum absolute atomic E-state index is 0.923. The van der Waals surface area contributed by atoms with E-state index in [1.54, 1.807) is 0 Å². The van der Waals surface area contributed by atoms with E-state index < -0.39 is 0 Å². The normalized spacial score (nSPS) is 10.0. The molecule has 0 radical (unpaired) electrons. The molecular weight excluding hydrogens is 184 g/mol. The van der Waals surface area contributed by atoms with E-state index in [0.717, 1.165) is 22.6 Å². The molecule has 2 rings (SSSR count). The number of aryl methyl sites for hydroxylation is 2. The third-order valence-electron chi connectivity index (χ3n) is 2.41. The number of para-hydroxylation sites is 2. The Balaban J connectivity index is 2.30. The molecule has 15 heavy (non-hydrogen) atoms. The first-order valence-corrected chi connectivity index (χ1v) is 5.06. The lowest BCUT2D eigenvalue weighted by Gasteiger charge is -2.10. The fourth-order valence-corrected chi connectivity index (χ4v) is 1.46. The van der Waals surface area contributed by atoms with Crippen molar-refractivity contribution in [3.05, 3.63) is 59.7 Å². The molecule has 0 unspecified atom stereocenters. The lowest BCUT2D eigenvalue weighted by Crippen LogP contribution is -1.88. The topological polar surface area (TPSA) is 9.23 Å². The third kappa shape index (κ3) is 2.18. The van der Waals surface area contributed by atoms with E-state index in [9.17, 15) is 0 Å². The summed E-state index contributed by atoms with van der Waals surface area (Å²) in [6.07, 6.45) is 0. The molecule has 0 bridgehead atoms. The standard InChI is InChI=1S/C14H14O/c1-11-7-3-5-9-13(11)15-14-10-6-4-8-12(14)2/h3-10H,1-2H3. The summed E-state index contributed by atoms with van der Waals surface area (Å²) < 4.78 is 5.84. The maximum Gasteiger partial charge on any atom is 0.130 e. The van der Waals surface area contributed by atoms with Gasteiger partial charge >= 0.3 is 0 Å². The smallest absolute Gasteiger partial charge is 0.130 e. The fourth-order valence-electron chi connectivity index (χ4n) is 1.46. The van der Waals surface area contributed by atoms with Gasteiger partial charge < -0.3 is 4.74 Å². The zero-order chi connectivity index (χ0) is 10.7. The van der Waals surface area contributed by atoms with Crippen LogP contribution in [0.5, 0.6) is 11.5 Å². The van der Waals surface area contributed by atoms with Gasteiger partial charge in [-0.2, -0.15) is 0 Å². The molecule has 0 atom stereocenters. The molecule has 0 amide bonds. The molecule has 1 nitrogen and oxygen atoms in total. The summed E-state index contributed by atoms with van der Waals surface area (Å²) in [5, 5.41) is 0. The van der Waals surface area contributed by atoms with Crippen LogP contribution in [0.25, 0.3) is 0 Å². The van der Waals surface area contributed by atoms with E-state index in [4.69, 9.17) is 4.74 Å². The molecule has 76 valence electrons. The number of rotatable bonds is 2. The van der Waals surface area contributed by atoms with E-state index in [1.165, 1.54) is 0 Å². The highest BCUT2D eigenvalue weighted by molar-refractivity contribution is 5.40. The average molecular weight is 198 g/mol. The number of hydrogen-bond donors (Lipinski definition) is 0. The zero-order valence-electron chi connectivity index (χ0n) is 9.03. The highest BCUT2D eigenvalue weighted by Crippen LogP contribution is 2.26. The zero-order valence-corrected chi connectivity index (χ0v) is 9.03. The van der Waals surface area contributed by atoms with Crippen molar-refractivity contribution in [3.63, 3.8) is 0 Å². The second kappa shape index (κ2) is 4.18. The first kappa shape index (κ1) is 9.78. The monoisotopic (exact) mass is 198 g/mol. The van der Waals surface area contributed by atoms with E-state index >= 15 is 0 Å². The predicted octanol–water partition coefficient (Wildman–Crippen LogP) is 4.10. The van der Waals surface area contributed by atoms with Crippen LogP contribution >= 0.6 is 0 Å². The molecule has 2 aromatic carbocycles. The minimum Gasteiger partial charge on any atom is -0.457 e. The van der Waals surface area contributed by atoms with E-state index in [1.807, 2.05) is 62.4 Å². The Morgan fingerprint density at radius 2 is 1.07 bits per heavy atom. The maximum atomic E-state index is 5.84. The van der Waals surface area contributed by atoms with E-state index in [2.05, 4.69) is 0 Å². The SMILES string of the molecule is Cc1ccccc1Oc1ccccc1C. The van der Waals surface area contributed by atoms with Crippen molar-refractivity contribution in [1.82, 2.24) is 0 Å². The van der Waals surface area contributed by atoms with Crippen molar-refractivity contribution < 1.29 is 4.74 Å². The molecule has 0 fully saturated rings. The molecule has 0 N–H and O–H groups in total. The largest absolute Gasteiger partial charge is 0.457 e. The third-order valence-corrected chi connectivity index (χ3v) is 2.41. The molecule has 0 spiro atoms. The molecule has 0 saturated carbocycles. The van der Waals surface area contributed by atoms with Crippen LogP contribution in [0.15, 0.2) is 48.5 Å². The number of ether oxygens (including phenoxy) is 1. The van der Waals surface area contributed by atoms with Gasteiger partial charge in [0.2, 0.25) is 0 Å². The van der Waals surface area contributed by atoms with Crippen LogP contribution in [0, 0.1) is 13.8 Å². The van der Waals surface area contributed by atoms with Gasteiger partial charge in [-0.3, -0.25) is 0 Å². The van der Waals surface area contributed by atoms with Crippen molar-refractivity contribution in [1.29, 1.82) is 0 Å². The Kier molecular flexibility index (Phi) is 2.72. The van der Waals surface area contributed by atoms with Crippen molar-refractivity contribution in [2.45, 2.75) is 13.8 Å². The molecule has 0 aliphatic carbocycles. The van der Waals surface area contributed by atoms with Gasteiger partial charge in [-0.25, -0.2) is 0 Å². The Bertz CT molecular complexity index is 417. The van der Waals surface area contributed by atoms with Crippen LogP contribution in [0.1, 0.15) is 11.1 Å². The van der Waals surface area contributed by atoms with Crippen LogP contribution in [-0.4, -0.2) is 0 Å². The molecule has 2 aromatic rings. The second-order valence-corrected chi connectivity index (χ2v) is 3.63. The van der Waals surface area contributed by atoms with Gasteiger partial charge in [-0.05, 0) is 37.1 Å². The van der Waals surface area contributed by atoms with Crippen LogP contribution < -0.4 is 4.74 Å². The average Bonchev–Trinajstić information content (AvgIpc) is 2.24. The molecule has 0 saturated heterocycles. The summed E-state index contributed by atoms with van der Waals surface area (Å²) in [4.78, 5) is 0. The first-order valence-electron chi connectivity index (χ1n) is 5.06. The van der Waals surface area contributed by atoms with Crippen molar-refractivity contribution in [2.75, 3.05) is 0 Å². The lowest BCUT2D eigenvalue weighted by atomic mass is 10.2. The van der Waals surface area contributed by atoms with Crippen LogP contribution in [-0.2, 0) is 0 Å². The van der Waals surface area contributed by atoms with Crippen molar-refractivity contribution in [2.24, 2.45) is 0 Å². The lowest BCUT2D eigenvalue weighted by molar-refractivity contribution is 0.475. The Morgan fingerprint density at radius 3 is 1.47 bits per heavy atom. The van der Waals surface area contributed by atoms with Crippen molar-refractivity contribution >= 4 is 0 Å². The van der Waals surface area contributed by atoms with Crippen LogP contribution in [0.2, 0.25) is 0 Å². The molecule has 1 heteroatoms. The van der Waals surface area contributed by atoms with Gasteiger partial charge in [0.05, 0.1) is 0 Å². The maximum absolute atomic E-state index is 5.84. The van der Waals surface area contributed by atoms with Gasteiger partial charge in [0.15, 0.2) is 0 Å². The van der Waals surface area contributed by atoms with Gasteiger partial charge in [0, 0.05) is 0 Å². The van der Waals surface area contributed by atoms with Gasteiger partial charge in [-0.1, -0.05) is 36.4 Å². The summed E-state index contributed by atoms with van der Waals surface area (Å²) in [6.45, 7) is 4.10. The van der Waals surface area contributed by atoms with E-state index in [0.29, 0.717) is 0 Å². The quantitative estimate of drug-likeness (QED) is 0.706. The first-order chi connectivity index (χ1) is 7.27. The van der Waals surface area contributed by atoms with Crippen LogP contribution in [0.4, 0.5) is 0 Å². The molecule has 0 heterocycles. The molecule has 0 aliphatic rings. The number of hydrogen-bond acceptors (Lipinski definition) is 1. The number of benzene rings is 2.